The van der Waals surface area contributed by atoms with Crippen LogP contribution >= 0.6 is 0 Å². The maximum atomic E-state index is 11.7. The Morgan fingerprint density at radius 2 is 1.83 bits per heavy atom. The van der Waals surface area contributed by atoms with Gasteiger partial charge in [0.15, 0.2) is 0 Å². The van der Waals surface area contributed by atoms with Crippen LogP contribution in [-0.2, 0) is 24.3 Å². The van der Waals surface area contributed by atoms with Gasteiger partial charge in [-0.15, -0.1) is 5.10 Å². The zero-order chi connectivity index (χ0) is 24.9. The molecule has 1 amide bonds. The number of carbonyl (C=O) groups is 1. The Labute approximate surface area is 210 Å². The van der Waals surface area contributed by atoms with Gasteiger partial charge in [0.2, 0.25) is 0 Å². The number of methoxy groups -OCH3 is 1. The van der Waals surface area contributed by atoms with Gasteiger partial charge in [-0.3, -0.25) is 0 Å². The molecule has 36 heavy (non-hydrogen) atoms. The summed E-state index contributed by atoms with van der Waals surface area (Å²) in [7, 11) is 1.66. The first-order chi connectivity index (χ1) is 17.6. The van der Waals surface area contributed by atoms with Crippen LogP contribution in [0.4, 0.5) is 4.79 Å². The molecule has 2 unspecified atom stereocenters. The molecular weight excluding hydrogens is 456 g/mol. The van der Waals surface area contributed by atoms with E-state index in [9.17, 15) is 9.90 Å². The summed E-state index contributed by atoms with van der Waals surface area (Å²) in [5.41, 5.74) is 3.23. The third kappa shape index (κ3) is 5.33. The minimum absolute atomic E-state index is 0.00641. The first-order valence-corrected chi connectivity index (χ1v) is 12.2. The number of likely N-dealkylation sites (tertiary alicyclic amines) is 1. The van der Waals surface area contributed by atoms with Crippen molar-refractivity contribution in [3.05, 3.63) is 89.7 Å². The number of nitrogens with zero attached hydrogens (tertiary/aromatic N) is 4. The monoisotopic (exact) mass is 486 g/mol. The largest absolute Gasteiger partial charge is 0.497 e. The van der Waals surface area contributed by atoms with Gasteiger partial charge in [0, 0.05) is 19.0 Å². The summed E-state index contributed by atoms with van der Waals surface area (Å²) >= 11 is 0. The Morgan fingerprint density at radius 3 is 2.61 bits per heavy atom. The van der Waals surface area contributed by atoms with Crippen molar-refractivity contribution in [2.24, 2.45) is 0 Å². The average molecular weight is 487 g/mol. The summed E-state index contributed by atoms with van der Waals surface area (Å²) in [6.45, 7) is 1.86. The molecule has 1 fully saturated rings. The molecular formula is C28H30N4O4. The van der Waals surface area contributed by atoms with E-state index in [1.807, 2.05) is 28.9 Å². The number of rotatable bonds is 8. The van der Waals surface area contributed by atoms with Gasteiger partial charge < -0.3 is 19.5 Å². The lowest BCUT2D eigenvalue weighted by molar-refractivity contribution is -0.0216. The average Bonchev–Trinajstić information content (AvgIpc) is 3.39. The summed E-state index contributed by atoms with van der Waals surface area (Å²) in [4.78, 5) is 13.2. The summed E-state index contributed by atoms with van der Waals surface area (Å²) in [6, 6.07) is 22.5. The van der Waals surface area contributed by atoms with Gasteiger partial charge in [0.25, 0.3) is 0 Å². The van der Waals surface area contributed by atoms with E-state index in [0.717, 1.165) is 28.8 Å². The molecule has 8 heteroatoms. The number of aryl methyl sites for hydroxylation is 2. The fourth-order valence-electron chi connectivity index (χ4n) is 4.88. The van der Waals surface area contributed by atoms with E-state index in [-0.39, 0.29) is 12.0 Å². The summed E-state index contributed by atoms with van der Waals surface area (Å²) in [6.07, 6.45) is 2.04. The van der Waals surface area contributed by atoms with Crippen LogP contribution in [0.1, 0.15) is 29.2 Å². The molecule has 3 aromatic carbocycles. The second-order valence-electron chi connectivity index (χ2n) is 9.13. The van der Waals surface area contributed by atoms with Crippen LogP contribution in [0, 0.1) is 0 Å². The second-order valence-corrected chi connectivity index (χ2v) is 9.13. The van der Waals surface area contributed by atoms with Crippen LogP contribution in [0.25, 0.3) is 10.8 Å². The van der Waals surface area contributed by atoms with Gasteiger partial charge in [0.05, 0.1) is 38.3 Å². The van der Waals surface area contributed by atoms with Gasteiger partial charge in [-0.05, 0) is 52.9 Å². The predicted molar refractivity (Wildman–Crippen MR) is 136 cm³/mol. The van der Waals surface area contributed by atoms with E-state index in [1.165, 1.54) is 15.8 Å². The smallest absolute Gasteiger partial charge is 0.407 e. The zero-order valence-electron chi connectivity index (χ0n) is 20.3. The lowest BCUT2D eigenvalue weighted by Gasteiger charge is -2.37. The molecule has 1 aliphatic rings. The molecule has 0 saturated carbocycles. The number of piperidine rings is 1. The molecule has 0 radical (unpaired) electrons. The van der Waals surface area contributed by atoms with E-state index in [1.54, 1.807) is 13.3 Å². The van der Waals surface area contributed by atoms with Crippen molar-refractivity contribution in [3.8, 4) is 5.75 Å². The molecule has 1 saturated heterocycles. The van der Waals surface area contributed by atoms with E-state index in [0.29, 0.717) is 32.7 Å². The lowest BCUT2D eigenvalue weighted by atomic mass is 9.90. The Kier molecular flexibility index (Phi) is 7.13. The molecule has 0 aliphatic carbocycles. The van der Waals surface area contributed by atoms with E-state index >= 15 is 0 Å². The highest BCUT2D eigenvalue weighted by atomic mass is 16.5. The number of hydrogen-bond donors (Lipinski definition) is 1. The topological polar surface area (TPSA) is 89.7 Å². The van der Waals surface area contributed by atoms with Crippen LogP contribution in [0.15, 0.2) is 72.9 Å². The lowest BCUT2D eigenvalue weighted by Crippen LogP contribution is -2.46. The maximum Gasteiger partial charge on any atom is 0.407 e. The third-order valence-corrected chi connectivity index (χ3v) is 6.91. The highest BCUT2D eigenvalue weighted by Crippen LogP contribution is 2.31. The van der Waals surface area contributed by atoms with Gasteiger partial charge in [-0.1, -0.05) is 53.7 Å². The van der Waals surface area contributed by atoms with Crippen LogP contribution < -0.4 is 4.74 Å². The first-order valence-electron chi connectivity index (χ1n) is 12.2. The minimum atomic E-state index is -0.918. The summed E-state index contributed by atoms with van der Waals surface area (Å²) in [5, 5.41) is 20.5. The molecule has 1 aliphatic heterocycles. The number of hydrogen-bond acceptors (Lipinski definition) is 5. The van der Waals surface area contributed by atoms with Crippen molar-refractivity contribution in [3.63, 3.8) is 0 Å². The van der Waals surface area contributed by atoms with Gasteiger partial charge in [0.1, 0.15) is 5.75 Å². The standard InChI is InChI=1S/C28H30N4O4/c1-35-24-10-7-20(8-11-24)12-15-32-26(17-29-30-32)25-13-14-31(28(33)34)18-27(25)36-19-21-6-9-22-4-2-3-5-23(22)16-21/h2-11,16-17,25,27H,12-15,18-19H2,1H3,(H,33,34). The molecule has 1 N–H and O–H groups in total. The fourth-order valence-corrected chi connectivity index (χ4v) is 4.88. The number of fused-ring (bicyclic) bond motifs is 1. The number of ether oxygens (including phenoxy) is 2. The number of carboxylic acid groups (broad SMARTS) is 1. The molecule has 2 heterocycles. The fraction of sp³-hybridized carbons (Fsp3) is 0.321. The molecule has 2 atom stereocenters. The summed E-state index contributed by atoms with van der Waals surface area (Å²) in [5.74, 6) is 0.837. The number of amides is 1. The van der Waals surface area contributed by atoms with Gasteiger partial charge in [-0.25, -0.2) is 9.48 Å². The van der Waals surface area contributed by atoms with Crippen molar-refractivity contribution in [1.29, 1.82) is 0 Å². The van der Waals surface area contributed by atoms with Gasteiger partial charge >= 0.3 is 6.09 Å². The Hall–Kier alpha value is -3.91. The van der Waals surface area contributed by atoms with Crippen molar-refractivity contribution >= 4 is 16.9 Å². The molecule has 8 nitrogen and oxygen atoms in total. The van der Waals surface area contributed by atoms with E-state index in [2.05, 4.69) is 52.8 Å². The zero-order valence-corrected chi connectivity index (χ0v) is 20.3. The quantitative estimate of drug-likeness (QED) is 0.387. The van der Waals surface area contributed by atoms with Crippen LogP contribution in [-0.4, -0.2) is 57.4 Å². The Bertz CT molecular complexity index is 1320. The van der Waals surface area contributed by atoms with Crippen LogP contribution in [0.3, 0.4) is 0 Å². The molecule has 0 bridgehead atoms. The molecule has 0 spiro atoms. The minimum Gasteiger partial charge on any atom is -0.497 e. The Balaban J connectivity index is 1.31. The highest BCUT2D eigenvalue weighted by molar-refractivity contribution is 5.82. The van der Waals surface area contributed by atoms with Crippen molar-refractivity contribution < 1.29 is 19.4 Å². The van der Waals surface area contributed by atoms with Crippen molar-refractivity contribution in [1.82, 2.24) is 19.9 Å². The molecule has 186 valence electrons. The van der Waals surface area contributed by atoms with Crippen LogP contribution in [0.2, 0.25) is 0 Å². The van der Waals surface area contributed by atoms with Crippen molar-refractivity contribution in [2.75, 3.05) is 20.2 Å². The normalized spacial score (nSPS) is 17.9. The third-order valence-electron chi connectivity index (χ3n) is 6.91. The van der Waals surface area contributed by atoms with Crippen molar-refractivity contribution in [2.45, 2.75) is 38.0 Å². The van der Waals surface area contributed by atoms with Crippen LogP contribution in [0.5, 0.6) is 5.75 Å². The first kappa shape index (κ1) is 23.8. The summed E-state index contributed by atoms with van der Waals surface area (Å²) < 4.78 is 13.6. The number of aromatic nitrogens is 3. The molecule has 1 aromatic heterocycles. The second kappa shape index (κ2) is 10.8. The predicted octanol–water partition coefficient (Wildman–Crippen LogP) is 4.74. The number of benzene rings is 3. The Morgan fingerprint density at radius 1 is 1.06 bits per heavy atom. The maximum absolute atomic E-state index is 11.7. The molecule has 4 aromatic rings. The van der Waals surface area contributed by atoms with E-state index in [4.69, 9.17) is 9.47 Å². The van der Waals surface area contributed by atoms with Gasteiger partial charge in [-0.2, -0.15) is 0 Å². The molecule has 5 rings (SSSR count). The SMILES string of the molecule is COc1ccc(CCn2nncc2C2CCN(C(=O)O)CC2OCc2ccc3ccccc3c2)cc1. The highest BCUT2D eigenvalue weighted by Gasteiger charge is 2.35. The van der Waals surface area contributed by atoms with E-state index < -0.39 is 6.09 Å².